The van der Waals surface area contributed by atoms with Gasteiger partial charge in [-0.2, -0.15) is 0 Å². The molecule has 8 aromatic rings. The number of furan rings is 1. The Morgan fingerprint density at radius 2 is 1.16 bits per heavy atom. The zero-order chi connectivity index (χ0) is 33.0. The number of benzene rings is 6. The van der Waals surface area contributed by atoms with E-state index in [1.54, 1.807) is 0 Å². The van der Waals surface area contributed by atoms with Gasteiger partial charge in [0.2, 0.25) is 0 Å². The second-order valence-corrected chi connectivity index (χ2v) is 13.0. The number of rotatable bonds is 2. The highest BCUT2D eigenvalue weighted by molar-refractivity contribution is 6.06. The second kappa shape index (κ2) is 11.6. The highest BCUT2D eigenvalue weighted by Crippen LogP contribution is 2.40. The molecule has 236 valence electrons. The maximum Gasteiger partial charge on any atom is 0.160 e. The number of aromatic nitrogens is 2. The van der Waals surface area contributed by atoms with Crippen molar-refractivity contribution in [1.29, 1.82) is 0 Å². The van der Waals surface area contributed by atoms with Gasteiger partial charge in [-0.1, -0.05) is 115 Å². The molecule has 4 nitrogen and oxygen atoms in total. The van der Waals surface area contributed by atoms with Crippen LogP contribution >= 0.6 is 0 Å². The monoisotopic (exact) mass is 641 g/mol. The Bertz CT molecular complexity index is 2650. The summed E-state index contributed by atoms with van der Waals surface area (Å²) in [4.78, 5) is 12.8. The molecule has 0 amide bonds. The average Bonchev–Trinajstić information content (AvgIpc) is 3.56. The minimum atomic E-state index is 0.0825. The molecule has 0 saturated heterocycles. The number of allylic oxidation sites excluding steroid dienone is 2. The van der Waals surface area contributed by atoms with Crippen molar-refractivity contribution in [3.05, 3.63) is 175 Å². The highest BCUT2D eigenvalue weighted by Gasteiger charge is 2.24. The van der Waals surface area contributed by atoms with Crippen LogP contribution in [0.2, 0.25) is 0 Å². The fourth-order valence-corrected chi connectivity index (χ4v) is 7.48. The Morgan fingerprint density at radius 1 is 0.500 bits per heavy atom. The van der Waals surface area contributed by atoms with E-state index in [0.29, 0.717) is 5.82 Å². The zero-order valence-electron chi connectivity index (χ0n) is 27.2. The highest BCUT2D eigenvalue weighted by atomic mass is 16.3. The Hall–Kier alpha value is -6.52. The molecular weight excluding hydrogens is 611 g/mol. The molecule has 4 heteroatoms. The van der Waals surface area contributed by atoms with Gasteiger partial charge in [0.05, 0.1) is 17.4 Å². The van der Waals surface area contributed by atoms with Crippen LogP contribution in [0.3, 0.4) is 0 Å². The van der Waals surface area contributed by atoms with Crippen LogP contribution in [0.4, 0.5) is 11.4 Å². The Labute approximate surface area is 290 Å². The van der Waals surface area contributed by atoms with Crippen LogP contribution < -0.4 is 4.90 Å². The number of nitrogens with zero attached hydrogens (tertiary/aromatic N) is 3. The third-order valence-electron chi connectivity index (χ3n) is 9.93. The number of para-hydroxylation sites is 1. The molecule has 1 atom stereocenters. The lowest BCUT2D eigenvalue weighted by Gasteiger charge is -2.34. The molecule has 0 spiro atoms. The maximum atomic E-state index is 6.23. The lowest BCUT2D eigenvalue weighted by Crippen LogP contribution is -2.30. The van der Waals surface area contributed by atoms with Gasteiger partial charge in [-0.05, 0) is 83.3 Å². The smallest absolute Gasteiger partial charge is 0.160 e. The number of fused-ring (bicyclic) bond motifs is 17. The van der Waals surface area contributed by atoms with Gasteiger partial charge in [0.25, 0.3) is 0 Å². The van der Waals surface area contributed by atoms with Gasteiger partial charge < -0.3 is 9.32 Å². The Balaban J connectivity index is 1.20. The van der Waals surface area contributed by atoms with E-state index in [4.69, 9.17) is 14.4 Å². The summed E-state index contributed by atoms with van der Waals surface area (Å²) in [6.45, 7) is 0. The molecule has 0 fully saturated rings. The number of hydrogen-bond donors (Lipinski definition) is 0. The summed E-state index contributed by atoms with van der Waals surface area (Å²) in [5.41, 5.74) is 13.7. The lowest BCUT2D eigenvalue weighted by atomic mass is 9.91. The molecule has 6 aromatic carbocycles. The predicted octanol–water partition coefficient (Wildman–Crippen LogP) is 11.9. The molecule has 10 rings (SSSR count). The summed E-state index contributed by atoms with van der Waals surface area (Å²) in [5, 5.41) is 2.25. The molecule has 10 bridgehead atoms. The Kier molecular flexibility index (Phi) is 6.59. The van der Waals surface area contributed by atoms with Crippen molar-refractivity contribution in [2.45, 2.75) is 12.5 Å². The number of anilines is 2. The van der Waals surface area contributed by atoms with Crippen molar-refractivity contribution in [1.82, 2.24) is 9.97 Å². The van der Waals surface area contributed by atoms with Crippen molar-refractivity contribution in [2.24, 2.45) is 0 Å². The predicted molar refractivity (Wildman–Crippen MR) is 205 cm³/mol. The number of hydrogen-bond acceptors (Lipinski definition) is 4. The Morgan fingerprint density at radius 3 is 2.06 bits per heavy atom. The largest absolute Gasteiger partial charge is 0.456 e. The third kappa shape index (κ3) is 4.92. The minimum absolute atomic E-state index is 0.0825. The van der Waals surface area contributed by atoms with Crippen LogP contribution in [0, 0.1) is 0 Å². The van der Waals surface area contributed by atoms with Crippen LogP contribution in [-0.2, 0) is 0 Å². The van der Waals surface area contributed by atoms with Gasteiger partial charge in [0, 0.05) is 38.8 Å². The standard InChI is InChI=1S/C46H31N3O/c1-2-10-30(11-3-1)42-29-43-35-16-6-12-31(24-35)33-14-8-18-37(26-33)49(39-22-23-45-41(28-39)40-20-4-5-21-44(40)50-45)38-19-9-15-34(27-38)32-13-7-17-36(25-32)46(47-42)48-43/h1-25,27-29,37H,26H2. The average molecular weight is 642 g/mol. The molecule has 0 N–H and O–H groups in total. The fourth-order valence-electron chi connectivity index (χ4n) is 7.48. The van der Waals surface area contributed by atoms with Crippen molar-refractivity contribution in [2.75, 3.05) is 4.90 Å². The van der Waals surface area contributed by atoms with Crippen LogP contribution in [0.15, 0.2) is 174 Å². The summed E-state index contributed by atoms with van der Waals surface area (Å²) >= 11 is 0. The first kappa shape index (κ1) is 28.5. The molecule has 0 saturated carbocycles. The maximum absolute atomic E-state index is 6.23. The summed E-state index contributed by atoms with van der Waals surface area (Å²) < 4.78 is 6.23. The van der Waals surface area contributed by atoms with Gasteiger partial charge >= 0.3 is 0 Å². The van der Waals surface area contributed by atoms with E-state index in [-0.39, 0.29) is 6.04 Å². The van der Waals surface area contributed by atoms with Gasteiger partial charge in [-0.25, -0.2) is 9.97 Å². The zero-order valence-corrected chi connectivity index (χ0v) is 27.2. The van der Waals surface area contributed by atoms with E-state index in [0.717, 1.165) is 78.9 Å². The minimum Gasteiger partial charge on any atom is -0.456 e. The molecule has 0 radical (unpaired) electrons. The lowest BCUT2D eigenvalue weighted by molar-refractivity contribution is 0.669. The van der Waals surface area contributed by atoms with Crippen molar-refractivity contribution in [3.63, 3.8) is 0 Å². The van der Waals surface area contributed by atoms with Gasteiger partial charge in [-0.3, -0.25) is 0 Å². The summed E-state index contributed by atoms with van der Waals surface area (Å²) in [6, 6.07) is 53.7. The topological polar surface area (TPSA) is 42.2 Å². The van der Waals surface area contributed by atoms with Crippen LogP contribution in [0.1, 0.15) is 12.0 Å². The molecule has 1 unspecified atom stereocenters. The summed E-state index contributed by atoms with van der Waals surface area (Å²) in [5.74, 6) is 0.707. The first-order chi connectivity index (χ1) is 24.7. The van der Waals surface area contributed by atoms with E-state index in [9.17, 15) is 0 Å². The van der Waals surface area contributed by atoms with Crippen molar-refractivity contribution >= 4 is 38.9 Å². The summed E-state index contributed by atoms with van der Waals surface area (Å²) in [6.07, 6.45) is 7.63. The van der Waals surface area contributed by atoms with Crippen LogP contribution in [0.25, 0.3) is 72.5 Å². The van der Waals surface area contributed by atoms with E-state index < -0.39 is 0 Å². The van der Waals surface area contributed by atoms with E-state index in [2.05, 4.69) is 157 Å². The second-order valence-electron chi connectivity index (χ2n) is 13.0. The fraction of sp³-hybridized carbons (Fsp3) is 0.0435. The van der Waals surface area contributed by atoms with Crippen molar-refractivity contribution < 1.29 is 4.42 Å². The van der Waals surface area contributed by atoms with Gasteiger partial charge in [0.15, 0.2) is 5.82 Å². The molecule has 1 aliphatic heterocycles. The van der Waals surface area contributed by atoms with Crippen LogP contribution in [0.5, 0.6) is 0 Å². The first-order valence-corrected chi connectivity index (χ1v) is 17.1. The quantitative estimate of drug-likeness (QED) is 0.188. The van der Waals surface area contributed by atoms with Gasteiger partial charge in [0.1, 0.15) is 11.2 Å². The molecule has 50 heavy (non-hydrogen) atoms. The van der Waals surface area contributed by atoms with Crippen molar-refractivity contribution in [3.8, 4) is 45.0 Å². The van der Waals surface area contributed by atoms with E-state index in [1.807, 2.05) is 18.2 Å². The van der Waals surface area contributed by atoms with Gasteiger partial charge in [-0.15, -0.1) is 0 Å². The first-order valence-electron chi connectivity index (χ1n) is 17.1. The summed E-state index contributed by atoms with van der Waals surface area (Å²) in [7, 11) is 0. The molecule has 2 aromatic heterocycles. The van der Waals surface area contributed by atoms with E-state index in [1.165, 1.54) is 11.1 Å². The molecular formula is C46H31N3O. The SMILES string of the molecule is C1=CC2CC(=C1)c1cccc(c1)-c1cc(-c3ccccc3)nc(n1)-c1cccc(c1)-c1cccc(c1)N2c1ccc2oc3ccccc3c2c1. The normalized spacial score (nSPS) is 14.9. The molecule has 3 heterocycles. The van der Waals surface area contributed by atoms with E-state index >= 15 is 0 Å². The molecule has 2 aliphatic rings. The molecule has 1 aliphatic carbocycles. The third-order valence-corrected chi connectivity index (χ3v) is 9.93. The van der Waals surface area contributed by atoms with Crippen LogP contribution in [-0.4, -0.2) is 16.0 Å².